The number of piperidine rings is 1. The summed E-state index contributed by atoms with van der Waals surface area (Å²) in [5.74, 6) is -0.0592. The molecule has 0 bridgehead atoms. The lowest BCUT2D eigenvalue weighted by Gasteiger charge is -2.25. The van der Waals surface area contributed by atoms with Crippen LogP contribution < -0.4 is 0 Å². The molecule has 0 unspecified atom stereocenters. The van der Waals surface area contributed by atoms with E-state index in [2.05, 4.69) is 18.9 Å². The van der Waals surface area contributed by atoms with Crippen molar-refractivity contribution in [3.63, 3.8) is 0 Å². The molecule has 41 heavy (non-hydrogen) atoms. The quantitative estimate of drug-likeness (QED) is 0.246. The first-order valence-corrected chi connectivity index (χ1v) is 15.8. The Bertz CT molecular complexity index is 1500. The summed E-state index contributed by atoms with van der Waals surface area (Å²) in [6, 6.07) is 16.2. The van der Waals surface area contributed by atoms with Gasteiger partial charge in [0.15, 0.2) is 0 Å². The van der Waals surface area contributed by atoms with E-state index in [-0.39, 0.29) is 21.5 Å². The second-order valence-corrected chi connectivity index (χ2v) is 12.0. The summed E-state index contributed by atoms with van der Waals surface area (Å²) in [6.45, 7) is 9.85. The first kappa shape index (κ1) is 33.1. The van der Waals surface area contributed by atoms with Gasteiger partial charge in [0.05, 0.1) is 0 Å². The van der Waals surface area contributed by atoms with Crippen molar-refractivity contribution in [1.82, 2.24) is 9.80 Å². The van der Waals surface area contributed by atoms with Crippen LogP contribution in [0.1, 0.15) is 44.2 Å². The second kappa shape index (κ2) is 15.6. The highest BCUT2D eigenvalue weighted by Gasteiger charge is 2.20. The Morgan fingerprint density at radius 3 is 1.61 bits per heavy atom. The molecule has 0 radical (unpaired) electrons. The molecule has 2 aromatic rings. The smallest absolute Gasteiger partial charge is 0.346 e. The molecule has 0 amide bonds. The Hall–Kier alpha value is -4.14. The highest BCUT2D eigenvalue weighted by molar-refractivity contribution is 7.87. The van der Waals surface area contributed by atoms with E-state index in [1.807, 2.05) is 39.8 Å². The van der Waals surface area contributed by atoms with Crippen molar-refractivity contribution < 1.29 is 25.4 Å². The maximum atomic E-state index is 12.0. The van der Waals surface area contributed by atoms with Crippen LogP contribution in [-0.4, -0.2) is 64.5 Å². The third kappa shape index (κ3) is 10.1. The lowest BCUT2D eigenvalue weighted by atomic mass is 10.1. The number of hydrogen-bond acceptors (Lipinski definition) is 10. The molecular weight excluding hydrogens is 568 g/mol. The van der Waals surface area contributed by atoms with Crippen LogP contribution in [0, 0.1) is 36.5 Å². The van der Waals surface area contributed by atoms with Crippen LogP contribution in [0.4, 0.5) is 0 Å². The molecule has 1 saturated heterocycles. The zero-order valence-electron chi connectivity index (χ0n) is 23.5. The van der Waals surface area contributed by atoms with Gasteiger partial charge in [0, 0.05) is 26.2 Å². The van der Waals surface area contributed by atoms with E-state index in [0.29, 0.717) is 26.2 Å². The number of nitrogens with zero attached hydrogens (tertiary/aromatic N) is 6. The minimum Gasteiger partial charge on any atom is -0.346 e. The summed E-state index contributed by atoms with van der Waals surface area (Å²) in [5, 5.41) is 25.0. The van der Waals surface area contributed by atoms with Crippen molar-refractivity contribution in [2.45, 2.75) is 56.7 Å². The number of nitriles is 2. The van der Waals surface area contributed by atoms with E-state index in [1.165, 1.54) is 24.3 Å². The van der Waals surface area contributed by atoms with Gasteiger partial charge >= 0.3 is 20.2 Å². The van der Waals surface area contributed by atoms with Crippen molar-refractivity contribution in [3.05, 3.63) is 59.7 Å². The van der Waals surface area contributed by atoms with Gasteiger partial charge in [-0.3, -0.25) is 8.57 Å². The number of amidine groups is 2. The SMILES string of the molecule is CCN(CC)/C(C#N)=N/OS(=O)(=O)c1ccc(C)cc1.Cc1ccc(S(=O)(=O)O/N=C(\C#N)N2CCCCC2)cc1. The summed E-state index contributed by atoms with van der Waals surface area (Å²) < 4.78 is 57.0. The number of aryl methyl sites for hydroxylation is 2. The fourth-order valence-electron chi connectivity index (χ4n) is 3.59. The van der Waals surface area contributed by atoms with E-state index in [9.17, 15) is 16.8 Å². The highest BCUT2D eigenvalue weighted by atomic mass is 32.2. The summed E-state index contributed by atoms with van der Waals surface area (Å²) in [4.78, 5) is 3.37. The molecule has 0 aromatic heterocycles. The Morgan fingerprint density at radius 1 is 0.780 bits per heavy atom. The van der Waals surface area contributed by atoms with Crippen LogP contribution in [0.2, 0.25) is 0 Å². The van der Waals surface area contributed by atoms with Crippen LogP contribution in [0.25, 0.3) is 0 Å². The summed E-state index contributed by atoms with van der Waals surface area (Å²) in [7, 11) is -7.98. The standard InChI is InChI=1S/C14H17N3O3S.C13H17N3O3S/c1-12-5-7-13(8-6-12)21(18,19)20-16-14(11-15)17-9-3-2-4-10-17;1-4-16(5-2)13(10-14)15-19-20(17,18)12-8-6-11(3)7-9-12/h5-8H,2-4,9-10H2,1H3;6-9H,4-5H2,1-3H3/b16-14+;15-13+. The van der Waals surface area contributed by atoms with Gasteiger partial charge in [0.25, 0.3) is 0 Å². The third-order valence-corrected chi connectivity index (χ3v) is 8.22. The van der Waals surface area contributed by atoms with E-state index >= 15 is 0 Å². The van der Waals surface area contributed by atoms with Gasteiger partial charge in [-0.25, -0.2) is 0 Å². The molecule has 220 valence electrons. The first-order valence-electron chi connectivity index (χ1n) is 12.9. The minimum absolute atomic E-state index is 0.00341. The molecule has 0 atom stereocenters. The maximum absolute atomic E-state index is 12.0. The van der Waals surface area contributed by atoms with Crippen LogP contribution in [-0.2, 0) is 28.8 Å². The Kier molecular flexibility index (Phi) is 12.6. The molecule has 1 aliphatic heterocycles. The monoisotopic (exact) mass is 602 g/mol. The van der Waals surface area contributed by atoms with Gasteiger partial charge < -0.3 is 9.80 Å². The largest absolute Gasteiger partial charge is 0.358 e. The normalized spacial score (nSPS) is 14.1. The van der Waals surface area contributed by atoms with Crippen LogP contribution in [0.3, 0.4) is 0 Å². The van der Waals surface area contributed by atoms with Crippen molar-refractivity contribution in [2.24, 2.45) is 10.3 Å². The van der Waals surface area contributed by atoms with E-state index in [0.717, 1.165) is 30.4 Å². The molecule has 0 aliphatic carbocycles. The zero-order valence-corrected chi connectivity index (χ0v) is 25.2. The van der Waals surface area contributed by atoms with Crippen molar-refractivity contribution in [1.29, 1.82) is 10.5 Å². The average molecular weight is 603 g/mol. The van der Waals surface area contributed by atoms with Gasteiger partial charge in [-0.2, -0.15) is 27.4 Å². The molecule has 0 N–H and O–H groups in total. The first-order chi connectivity index (χ1) is 19.5. The number of rotatable bonds is 8. The molecule has 14 heteroatoms. The van der Waals surface area contributed by atoms with E-state index in [4.69, 9.17) is 10.5 Å². The number of oxime groups is 2. The van der Waals surface area contributed by atoms with Crippen molar-refractivity contribution in [3.8, 4) is 12.1 Å². The molecular formula is C27H34N6O6S2. The highest BCUT2D eigenvalue weighted by Crippen LogP contribution is 2.16. The molecule has 1 fully saturated rings. The fourth-order valence-corrected chi connectivity index (χ4v) is 5.04. The summed E-state index contributed by atoms with van der Waals surface area (Å²) in [6.07, 6.45) is 3.04. The van der Waals surface area contributed by atoms with Crippen molar-refractivity contribution in [2.75, 3.05) is 26.2 Å². The number of likely N-dealkylation sites (tertiary alicyclic amines) is 1. The molecule has 2 aromatic carbocycles. The Balaban J connectivity index is 0.000000287. The predicted molar refractivity (Wildman–Crippen MR) is 153 cm³/mol. The Labute approximate surface area is 242 Å². The van der Waals surface area contributed by atoms with E-state index < -0.39 is 20.2 Å². The Morgan fingerprint density at radius 2 is 1.22 bits per heavy atom. The number of benzene rings is 2. The molecule has 3 rings (SSSR count). The average Bonchev–Trinajstić information content (AvgIpc) is 2.97. The predicted octanol–water partition coefficient (Wildman–Crippen LogP) is 3.90. The fraction of sp³-hybridized carbons (Fsp3) is 0.407. The van der Waals surface area contributed by atoms with Gasteiger partial charge in [0.1, 0.15) is 21.9 Å². The van der Waals surface area contributed by atoms with Gasteiger partial charge in [-0.05, 0) is 81.5 Å². The molecule has 1 aliphatic rings. The molecule has 0 saturated carbocycles. The van der Waals surface area contributed by atoms with Crippen LogP contribution in [0.5, 0.6) is 0 Å². The molecule has 1 heterocycles. The van der Waals surface area contributed by atoms with E-state index in [1.54, 1.807) is 34.1 Å². The summed E-state index contributed by atoms with van der Waals surface area (Å²) >= 11 is 0. The lowest BCUT2D eigenvalue weighted by molar-refractivity contribution is 0.303. The summed E-state index contributed by atoms with van der Waals surface area (Å²) in [5.41, 5.74) is 1.89. The van der Waals surface area contributed by atoms with Crippen LogP contribution >= 0.6 is 0 Å². The molecule has 0 spiro atoms. The minimum atomic E-state index is -4.00. The molecule has 12 nitrogen and oxygen atoms in total. The lowest BCUT2D eigenvalue weighted by Crippen LogP contribution is -2.35. The van der Waals surface area contributed by atoms with Gasteiger partial charge in [-0.1, -0.05) is 35.4 Å². The topological polar surface area (TPSA) is 166 Å². The zero-order chi connectivity index (χ0) is 30.5. The maximum Gasteiger partial charge on any atom is 0.358 e. The van der Waals surface area contributed by atoms with Gasteiger partial charge in [0.2, 0.25) is 11.7 Å². The second-order valence-electron chi connectivity index (χ2n) is 8.96. The number of hydrogen-bond donors (Lipinski definition) is 0. The van der Waals surface area contributed by atoms with Crippen LogP contribution in [0.15, 0.2) is 68.6 Å². The van der Waals surface area contributed by atoms with Gasteiger partial charge in [-0.15, -0.1) is 0 Å². The van der Waals surface area contributed by atoms with Crippen molar-refractivity contribution >= 4 is 31.9 Å². The third-order valence-electron chi connectivity index (χ3n) is 5.98.